The van der Waals surface area contributed by atoms with Crippen LogP contribution in [0.25, 0.3) is 0 Å². The lowest BCUT2D eigenvalue weighted by molar-refractivity contribution is -0.0330. The summed E-state index contributed by atoms with van der Waals surface area (Å²) in [7, 11) is 2.41. The number of ether oxygens (including phenoxy) is 2. The van der Waals surface area contributed by atoms with E-state index in [4.69, 9.17) is 9.47 Å². The highest BCUT2D eigenvalue weighted by Gasteiger charge is 2.33. The van der Waals surface area contributed by atoms with Gasteiger partial charge in [0.1, 0.15) is 5.82 Å². The lowest BCUT2D eigenvalue weighted by Crippen LogP contribution is -2.03. The first-order valence-electron chi connectivity index (χ1n) is 4.05. The third-order valence-electron chi connectivity index (χ3n) is 1.67. The van der Waals surface area contributed by atoms with Gasteiger partial charge in [0.2, 0.25) is 0 Å². The second kappa shape index (κ2) is 4.82. The molecule has 0 atom stereocenters. The summed E-state index contributed by atoms with van der Waals surface area (Å²) in [4.78, 5) is -0.630. The zero-order valence-corrected chi connectivity index (χ0v) is 9.21. The molecule has 1 aromatic carbocycles. The number of alkyl halides is 3. The molecule has 0 spiro atoms. The summed E-state index contributed by atoms with van der Waals surface area (Å²) in [6.45, 7) is 0. The van der Waals surface area contributed by atoms with Gasteiger partial charge >= 0.3 is 5.51 Å². The smallest absolute Gasteiger partial charge is 0.446 e. The molecule has 0 fully saturated rings. The number of thioether (sulfide) groups is 1. The number of hydrogen-bond acceptors (Lipinski definition) is 3. The first kappa shape index (κ1) is 13.0. The highest BCUT2D eigenvalue weighted by Crippen LogP contribution is 2.46. The van der Waals surface area contributed by atoms with Gasteiger partial charge in [-0.3, -0.25) is 0 Å². The Kier molecular flexibility index (Phi) is 3.90. The molecule has 0 radical (unpaired) electrons. The fourth-order valence-electron chi connectivity index (χ4n) is 1.09. The molecule has 0 bridgehead atoms. The minimum absolute atomic E-state index is 0.0515. The molecule has 0 aromatic heterocycles. The van der Waals surface area contributed by atoms with Gasteiger partial charge in [0.25, 0.3) is 0 Å². The van der Waals surface area contributed by atoms with E-state index in [9.17, 15) is 17.6 Å². The van der Waals surface area contributed by atoms with Crippen molar-refractivity contribution in [3.63, 3.8) is 0 Å². The van der Waals surface area contributed by atoms with Gasteiger partial charge in [-0.15, -0.1) is 0 Å². The summed E-state index contributed by atoms with van der Waals surface area (Å²) in [6, 6.07) is 2.10. The SMILES string of the molecule is COc1ccc(F)c(SC(F)(F)F)c1OC. The molecule has 7 heteroatoms. The summed E-state index contributed by atoms with van der Waals surface area (Å²) in [5.74, 6) is -1.21. The fraction of sp³-hybridized carbons (Fsp3) is 0.333. The van der Waals surface area contributed by atoms with Gasteiger partial charge in [0.15, 0.2) is 11.5 Å². The van der Waals surface area contributed by atoms with Crippen molar-refractivity contribution >= 4 is 11.8 Å². The van der Waals surface area contributed by atoms with Crippen molar-refractivity contribution in [1.29, 1.82) is 0 Å². The Labute approximate surface area is 93.5 Å². The maximum absolute atomic E-state index is 13.2. The number of benzene rings is 1. The van der Waals surface area contributed by atoms with E-state index in [1.807, 2.05) is 0 Å². The highest BCUT2D eigenvalue weighted by molar-refractivity contribution is 8.00. The Morgan fingerprint density at radius 2 is 1.75 bits per heavy atom. The van der Waals surface area contributed by atoms with Crippen LogP contribution in [0.2, 0.25) is 0 Å². The summed E-state index contributed by atoms with van der Waals surface area (Å²) in [5.41, 5.74) is -4.58. The average Bonchev–Trinajstić information content (AvgIpc) is 2.19. The summed E-state index contributed by atoms with van der Waals surface area (Å²) >= 11 is -0.572. The lowest BCUT2D eigenvalue weighted by Gasteiger charge is -2.13. The molecular weight excluding hydrogens is 248 g/mol. The van der Waals surface area contributed by atoms with Gasteiger partial charge in [0, 0.05) is 0 Å². The monoisotopic (exact) mass is 256 g/mol. The molecule has 0 aliphatic carbocycles. The third-order valence-corrected chi connectivity index (χ3v) is 2.49. The molecule has 0 aliphatic rings. The van der Waals surface area contributed by atoms with E-state index in [2.05, 4.69) is 0 Å². The molecule has 1 aromatic rings. The van der Waals surface area contributed by atoms with Gasteiger partial charge in [0.05, 0.1) is 19.1 Å². The molecule has 16 heavy (non-hydrogen) atoms. The predicted octanol–water partition coefficient (Wildman–Crippen LogP) is 3.45. The second-order valence-corrected chi connectivity index (χ2v) is 3.74. The van der Waals surface area contributed by atoms with E-state index >= 15 is 0 Å². The van der Waals surface area contributed by atoms with Crippen molar-refractivity contribution in [3.8, 4) is 11.5 Å². The van der Waals surface area contributed by atoms with Crippen molar-refractivity contribution < 1.29 is 27.0 Å². The van der Waals surface area contributed by atoms with Crippen LogP contribution in [-0.4, -0.2) is 19.7 Å². The standard InChI is InChI=1S/C9H8F4O2S/c1-14-6-4-3-5(10)8(7(6)15-2)16-9(11,12)13/h3-4H,1-2H3. The van der Waals surface area contributed by atoms with Gasteiger partial charge in [-0.05, 0) is 23.9 Å². The second-order valence-electron chi connectivity index (χ2n) is 2.66. The minimum atomic E-state index is -4.58. The zero-order valence-electron chi connectivity index (χ0n) is 8.39. The van der Waals surface area contributed by atoms with Crippen LogP contribution in [0, 0.1) is 5.82 Å². The van der Waals surface area contributed by atoms with Crippen LogP contribution in [0.5, 0.6) is 11.5 Å². The number of halogens is 4. The average molecular weight is 256 g/mol. The van der Waals surface area contributed by atoms with Crippen molar-refractivity contribution in [1.82, 2.24) is 0 Å². The van der Waals surface area contributed by atoms with E-state index < -0.39 is 28.0 Å². The van der Waals surface area contributed by atoms with Gasteiger partial charge in [-0.1, -0.05) is 0 Å². The van der Waals surface area contributed by atoms with Crippen molar-refractivity contribution in [2.75, 3.05) is 14.2 Å². The molecule has 0 amide bonds. The van der Waals surface area contributed by atoms with Gasteiger partial charge in [-0.2, -0.15) is 13.2 Å². The largest absolute Gasteiger partial charge is 0.493 e. The van der Waals surface area contributed by atoms with Gasteiger partial charge < -0.3 is 9.47 Å². The third kappa shape index (κ3) is 2.94. The quantitative estimate of drug-likeness (QED) is 0.609. The molecule has 0 saturated heterocycles. The number of methoxy groups -OCH3 is 2. The number of rotatable bonds is 3. The summed E-state index contributed by atoms with van der Waals surface area (Å²) in [5, 5.41) is 0. The lowest BCUT2D eigenvalue weighted by atomic mass is 10.3. The van der Waals surface area contributed by atoms with Crippen LogP contribution in [0.3, 0.4) is 0 Å². The maximum Gasteiger partial charge on any atom is 0.446 e. The fourth-order valence-corrected chi connectivity index (χ4v) is 1.76. The first-order chi connectivity index (χ1) is 7.39. The van der Waals surface area contributed by atoms with E-state index in [-0.39, 0.29) is 11.5 Å². The molecular formula is C9H8F4O2S. The van der Waals surface area contributed by atoms with Crippen LogP contribution in [-0.2, 0) is 0 Å². The van der Waals surface area contributed by atoms with Crippen LogP contribution in [0.4, 0.5) is 17.6 Å². The molecule has 90 valence electrons. The van der Waals surface area contributed by atoms with Crippen molar-refractivity contribution in [2.24, 2.45) is 0 Å². The minimum Gasteiger partial charge on any atom is -0.493 e. The molecule has 0 saturated carbocycles. The van der Waals surface area contributed by atoms with Crippen LogP contribution >= 0.6 is 11.8 Å². The Bertz CT molecular complexity index is 379. The van der Waals surface area contributed by atoms with Crippen LogP contribution < -0.4 is 9.47 Å². The molecule has 0 heterocycles. The van der Waals surface area contributed by atoms with E-state index in [1.165, 1.54) is 13.2 Å². The van der Waals surface area contributed by atoms with E-state index in [0.717, 1.165) is 13.2 Å². The topological polar surface area (TPSA) is 18.5 Å². The maximum atomic E-state index is 13.2. The molecule has 1 rings (SSSR count). The summed E-state index contributed by atoms with van der Waals surface area (Å²) < 4.78 is 59.2. The zero-order chi connectivity index (χ0) is 12.3. The Hall–Kier alpha value is -1.11. The molecule has 0 N–H and O–H groups in total. The number of hydrogen-bond donors (Lipinski definition) is 0. The van der Waals surface area contributed by atoms with E-state index in [0.29, 0.717) is 0 Å². The molecule has 0 aliphatic heterocycles. The van der Waals surface area contributed by atoms with Crippen molar-refractivity contribution in [2.45, 2.75) is 10.4 Å². The Balaban J connectivity index is 3.23. The first-order valence-corrected chi connectivity index (χ1v) is 4.87. The Morgan fingerprint density at radius 3 is 2.19 bits per heavy atom. The predicted molar refractivity (Wildman–Crippen MR) is 51.4 cm³/mol. The Morgan fingerprint density at radius 1 is 1.12 bits per heavy atom. The highest BCUT2D eigenvalue weighted by atomic mass is 32.2. The van der Waals surface area contributed by atoms with Crippen LogP contribution in [0.1, 0.15) is 0 Å². The molecule has 0 unspecified atom stereocenters. The molecule has 2 nitrogen and oxygen atoms in total. The van der Waals surface area contributed by atoms with Crippen LogP contribution in [0.15, 0.2) is 17.0 Å². The van der Waals surface area contributed by atoms with Crippen molar-refractivity contribution in [3.05, 3.63) is 17.9 Å². The summed E-state index contributed by atoms with van der Waals surface area (Å²) in [6.07, 6.45) is 0. The van der Waals surface area contributed by atoms with Gasteiger partial charge in [-0.25, -0.2) is 4.39 Å². The normalized spacial score (nSPS) is 11.4. The van der Waals surface area contributed by atoms with E-state index in [1.54, 1.807) is 0 Å².